The molecular formula is C21H20N4O2. The summed E-state index contributed by atoms with van der Waals surface area (Å²) in [5.41, 5.74) is 4.09. The predicted molar refractivity (Wildman–Crippen MR) is 103 cm³/mol. The number of nitriles is 1. The number of nitrogens with zero attached hydrogens (tertiary/aromatic N) is 2. The Morgan fingerprint density at radius 1 is 1.26 bits per heavy atom. The highest BCUT2D eigenvalue weighted by Gasteiger charge is 2.47. The fourth-order valence-corrected chi connectivity index (χ4v) is 3.99. The van der Waals surface area contributed by atoms with Crippen LogP contribution in [0.2, 0.25) is 0 Å². The average molecular weight is 360 g/mol. The first-order valence-electron chi connectivity index (χ1n) is 8.96. The number of hydrogen-bond donors (Lipinski definition) is 2. The highest BCUT2D eigenvalue weighted by molar-refractivity contribution is 5.99. The standard InChI is InChI=1S/C21H20N4O2/c1-14(26)23-18-4-2-3-15(9-18)16-5-6-17-11-21(7-8-25(12-21)13-22)20(27)24-19(17)10-16/h2-6,9-10H,7-8,11-12H2,1H3,(H,23,26)(H,24,27). The first-order valence-corrected chi connectivity index (χ1v) is 8.96. The molecule has 0 saturated carbocycles. The number of hydrogen-bond acceptors (Lipinski definition) is 4. The quantitative estimate of drug-likeness (QED) is 0.806. The molecule has 2 aliphatic heterocycles. The van der Waals surface area contributed by atoms with E-state index >= 15 is 0 Å². The Morgan fingerprint density at radius 3 is 2.81 bits per heavy atom. The van der Waals surface area contributed by atoms with Gasteiger partial charge in [0.15, 0.2) is 6.19 Å². The van der Waals surface area contributed by atoms with E-state index in [-0.39, 0.29) is 11.8 Å². The maximum Gasteiger partial charge on any atom is 0.232 e. The van der Waals surface area contributed by atoms with Crippen molar-refractivity contribution in [3.8, 4) is 17.3 Å². The molecule has 1 atom stereocenters. The molecule has 0 aliphatic carbocycles. The van der Waals surface area contributed by atoms with E-state index in [1.54, 1.807) is 4.90 Å². The summed E-state index contributed by atoms with van der Waals surface area (Å²) < 4.78 is 0. The molecule has 4 rings (SSSR count). The molecule has 136 valence electrons. The molecule has 1 unspecified atom stereocenters. The molecule has 2 amide bonds. The largest absolute Gasteiger partial charge is 0.326 e. The second-order valence-electron chi connectivity index (χ2n) is 7.32. The van der Waals surface area contributed by atoms with E-state index < -0.39 is 5.41 Å². The van der Waals surface area contributed by atoms with E-state index in [1.165, 1.54) is 6.92 Å². The normalized spacial score (nSPS) is 20.7. The molecule has 1 fully saturated rings. The summed E-state index contributed by atoms with van der Waals surface area (Å²) in [5.74, 6) is -0.116. The van der Waals surface area contributed by atoms with Gasteiger partial charge in [0.2, 0.25) is 11.8 Å². The number of amides is 2. The highest BCUT2D eigenvalue weighted by atomic mass is 16.2. The number of anilines is 2. The van der Waals surface area contributed by atoms with Gasteiger partial charge in [0.25, 0.3) is 0 Å². The molecule has 2 N–H and O–H groups in total. The van der Waals surface area contributed by atoms with Crippen molar-refractivity contribution in [2.45, 2.75) is 19.8 Å². The molecule has 6 nitrogen and oxygen atoms in total. The summed E-state index contributed by atoms with van der Waals surface area (Å²) in [6.45, 7) is 2.59. The van der Waals surface area contributed by atoms with E-state index in [0.717, 1.165) is 28.1 Å². The van der Waals surface area contributed by atoms with Crippen molar-refractivity contribution >= 4 is 23.2 Å². The van der Waals surface area contributed by atoms with Gasteiger partial charge in [0.05, 0.1) is 5.41 Å². The van der Waals surface area contributed by atoms with Crippen molar-refractivity contribution in [3.63, 3.8) is 0 Å². The molecule has 2 heterocycles. The van der Waals surface area contributed by atoms with Crippen LogP contribution in [0, 0.1) is 16.9 Å². The lowest BCUT2D eigenvalue weighted by atomic mass is 9.76. The lowest BCUT2D eigenvalue weighted by Gasteiger charge is -2.33. The Balaban J connectivity index is 1.63. The number of carbonyl (C=O) groups is 2. The molecule has 0 bridgehead atoms. The van der Waals surface area contributed by atoms with Crippen molar-refractivity contribution in [3.05, 3.63) is 48.0 Å². The van der Waals surface area contributed by atoms with E-state index in [9.17, 15) is 9.59 Å². The van der Waals surface area contributed by atoms with Crippen LogP contribution in [0.25, 0.3) is 11.1 Å². The smallest absolute Gasteiger partial charge is 0.232 e. The number of fused-ring (bicyclic) bond motifs is 1. The third kappa shape index (κ3) is 3.13. The van der Waals surface area contributed by atoms with Crippen molar-refractivity contribution in [1.82, 2.24) is 4.90 Å². The Kier molecular flexibility index (Phi) is 4.08. The molecular weight excluding hydrogens is 340 g/mol. The van der Waals surface area contributed by atoms with Gasteiger partial charge in [-0.25, -0.2) is 0 Å². The fraction of sp³-hybridized carbons (Fsp3) is 0.286. The topological polar surface area (TPSA) is 85.2 Å². The fourth-order valence-electron chi connectivity index (χ4n) is 3.99. The van der Waals surface area contributed by atoms with Gasteiger partial charge in [0, 0.05) is 31.4 Å². The third-order valence-corrected chi connectivity index (χ3v) is 5.38. The summed E-state index contributed by atoms with van der Waals surface area (Å²) >= 11 is 0. The first kappa shape index (κ1) is 17.1. The second kappa shape index (κ2) is 6.44. The first-order chi connectivity index (χ1) is 13.0. The molecule has 2 aliphatic rings. The van der Waals surface area contributed by atoms with Gasteiger partial charge in [0.1, 0.15) is 0 Å². The van der Waals surface area contributed by atoms with E-state index in [4.69, 9.17) is 5.26 Å². The van der Waals surface area contributed by atoms with Gasteiger partial charge >= 0.3 is 0 Å². The lowest BCUT2D eigenvalue weighted by Crippen LogP contribution is -2.43. The molecule has 1 spiro atoms. The van der Waals surface area contributed by atoms with Crippen LogP contribution < -0.4 is 10.6 Å². The van der Waals surface area contributed by atoms with Crippen LogP contribution in [-0.2, 0) is 16.0 Å². The molecule has 2 aromatic rings. The minimum atomic E-state index is -0.504. The van der Waals surface area contributed by atoms with Crippen LogP contribution in [0.4, 0.5) is 11.4 Å². The van der Waals surface area contributed by atoms with Crippen LogP contribution in [0.1, 0.15) is 18.9 Å². The Hall–Kier alpha value is -3.33. The third-order valence-electron chi connectivity index (χ3n) is 5.38. The predicted octanol–water partition coefficient (Wildman–Crippen LogP) is 2.98. The van der Waals surface area contributed by atoms with Crippen LogP contribution in [-0.4, -0.2) is 29.8 Å². The van der Waals surface area contributed by atoms with Gasteiger partial charge in [-0.05, 0) is 47.7 Å². The summed E-state index contributed by atoms with van der Waals surface area (Å²) in [4.78, 5) is 25.7. The summed E-state index contributed by atoms with van der Waals surface area (Å²) in [7, 11) is 0. The summed E-state index contributed by atoms with van der Waals surface area (Å²) in [5, 5.41) is 15.0. The Labute approximate surface area is 157 Å². The maximum absolute atomic E-state index is 12.8. The second-order valence-corrected chi connectivity index (χ2v) is 7.32. The zero-order valence-electron chi connectivity index (χ0n) is 15.1. The lowest BCUT2D eigenvalue weighted by molar-refractivity contribution is -0.125. The van der Waals surface area contributed by atoms with Crippen molar-refractivity contribution < 1.29 is 9.59 Å². The molecule has 6 heteroatoms. The number of likely N-dealkylation sites (tertiary alicyclic amines) is 1. The summed E-state index contributed by atoms with van der Waals surface area (Å²) in [6.07, 6.45) is 3.50. The van der Waals surface area contributed by atoms with Crippen molar-refractivity contribution in [2.24, 2.45) is 5.41 Å². The number of rotatable bonds is 2. The summed E-state index contributed by atoms with van der Waals surface area (Å²) in [6, 6.07) is 13.7. The van der Waals surface area contributed by atoms with E-state index in [2.05, 4.69) is 16.8 Å². The minimum Gasteiger partial charge on any atom is -0.326 e. The van der Waals surface area contributed by atoms with E-state index in [1.807, 2.05) is 42.5 Å². The molecule has 0 aromatic heterocycles. The van der Waals surface area contributed by atoms with Crippen LogP contribution in [0.3, 0.4) is 0 Å². The van der Waals surface area contributed by atoms with Gasteiger partial charge in [-0.1, -0.05) is 24.3 Å². The van der Waals surface area contributed by atoms with Gasteiger partial charge in [-0.2, -0.15) is 5.26 Å². The Morgan fingerprint density at radius 2 is 2.07 bits per heavy atom. The average Bonchev–Trinajstić information content (AvgIpc) is 3.06. The molecule has 27 heavy (non-hydrogen) atoms. The van der Waals surface area contributed by atoms with Gasteiger partial charge in [-0.15, -0.1) is 0 Å². The Bertz CT molecular complexity index is 978. The number of carbonyl (C=O) groups excluding carboxylic acids is 2. The molecule has 1 saturated heterocycles. The van der Waals surface area contributed by atoms with Gasteiger partial charge < -0.3 is 15.5 Å². The maximum atomic E-state index is 12.8. The van der Waals surface area contributed by atoms with Crippen molar-refractivity contribution in [2.75, 3.05) is 23.7 Å². The zero-order valence-corrected chi connectivity index (χ0v) is 15.1. The number of nitrogens with one attached hydrogen (secondary N) is 2. The highest BCUT2D eigenvalue weighted by Crippen LogP contribution is 2.41. The van der Waals surface area contributed by atoms with Crippen molar-refractivity contribution in [1.29, 1.82) is 5.26 Å². The van der Waals surface area contributed by atoms with Crippen LogP contribution in [0.5, 0.6) is 0 Å². The molecule has 0 radical (unpaired) electrons. The zero-order chi connectivity index (χ0) is 19.0. The minimum absolute atomic E-state index is 0.00287. The number of benzene rings is 2. The van der Waals surface area contributed by atoms with Crippen LogP contribution in [0.15, 0.2) is 42.5 Å². The molecule has 2 aromatic carbocycles. The van der Waals surface area contributed by atoms with Gasteiger partial charge in [-0.3, -0.25) is 9.59 Å². The SMILES string of the molecule is CC(=O)Nc1cccc(-c2ccc3c(c2)NC(=O)C2(CCN(C#N)C2)C3)c1. The monoisotopic (exact) mass is 360 g/mol. The van der Waals surface area contributed by atoms with E-state index in [0.29, 0.717) is 25.9 Å². The van der Waals surface area contributed by atoms with Crippen LogP contribution >= 0.6 is 0 Å².